The fourth-order valence-corrected chi connectivity index (χ4v) is 1.24. The summed E-state index contributed by atoms with van der Waals surface area (Å²) in [6.07, 6.45) is 7.55. The fourth-order valence-electron chi connectivity index (χ4n) is 1.24. The zero-order chi connectivity index (χ0) is 9.64. The molecule has 1 aliphatic rings. The minimum absolute atomic E-state index is 0.156. The molecule has 0 saturated carbocycles. The maximum atomic E-state index is 4.19. The third kappa shape index (κ3) is 2.47. The molecule has 72 valence electrons. The van der Waals surface area contributed by atoms with E-state index < -0.39 is 0 Å². The molecule has 0 bridgehead atoms. The zero-order valence-electron chi connectivity index (χ0n) is 7.80. The Bertz CT molecular complexity index is 331. The first kappa shape index (κ1) is 9.02. The van der Waals surface area contributed by atoms with Crippen molar-refractivity contribution in [3.8, 4) is 0 Å². The molecule has 1 aromatic rings. The molecule has 0 fully saturated rings. The summed E-state index contributed by atoms with van der Waals surface area (Å²) in [6, 6.07) is 3.89. The Kier molecular flexibility index (Phi) is 2.98. The highest BCUT2D eigenvalue weighted by Crippen LogP contribution is 2.10. The Hall–Kier alpha value is -1.55. The van der Waals surface area contributed by atoms with Gasteiger partial charge in [-0.15, -0.1) is 0 Å². The maximum absolute atomic E-state index is 4.19. The number of azo groups is 1. The molecule has 0 aliphatic carbocycles. The average Bonchev–Trinajstić information content (AvgIpc) is 2.29. The number of rotatable bonds is 2. The quantitative estimate of drug-likeness (QED) is 0.567. The van der Waals surface area contributed by atoms with Crippen LogP contribution in [0, 0.1) is 0 Å². The lowest BCUT2D eigenvalue weighted by Gasteiger charge is -2.11. The number of nitrogens with one attached hydrogen (secondary N) is 1. The molecule has 4 nitrogen and oxygen atoms in total. The lowest BCUT2D eigenvalue weighted by Crippen LogP contribution is -2.28. The summed E-state index contributed by atoms with van der Waals surface area (Å²) in [5, 5.41) is 11.5. The van der Waals surface area contributed by atoms with Crippen molar-refractivity contribution in [2.75, 3.05) is 13.1 Å². The Morgan fingerprint density at radius 3 is 3.21 bits per heavy atom. The van der Waals surface area contributed by atoms with Gasteiger partial charge in [0.2, 0.25) is 0 Å². The van der Waals surface area contributed by atoms with Crippen molar-refractivity contribution in [2.24, 2.45) is 10.2 Å². The van der Waals surface area contributed by atoms with Crippen LogP contribution in [0.3, 0.4) is 0 Å². The highest BCUT2D eigenvalue weighted by molar-refractivity contribution is 5.31. The second kappa shape index (κ2) is 4.62. The van der Waals surface area contributed by atoms with E-state index in [1.165, 1.54) is 0 Å². The van der Waals surface area contributed by atoms with Gasteiger partial charge in [0.1, 0.15) is 11.7 Å². The summed E-state index contributed by atoms with van der Waals surface area (Å²) in [4.78, 5) is 3.96. The molecule has 2 rings (SSSR count). The zero-order valence-corrected chi connectivity index (χ0v) is 7.80. The van der Waals surface area contributed by atoms with Crippen LogP contribution in [0.5, 0.6) is 0 Å². The molecule has 1 N–H and O–H groups in total. The van der Waals surface area contributed by atoms with E-state index in [0.29, 0.717) is 0 Å². The summed E-state index contributed by atoms with van der Waals surface area (Å²) in [5.41, 5.74) is 0.798. The van der Waals surface area contributed by atoms with Crippen LogP contribution >= 0.6 is 0 Å². The molecule has 0 saturated heterocycles. The molecule has 2 heterocycles. The molecular formula is C10H12N4. The molecule has 0 amide bonds. The molecular weight excluding hydrogens is 176 g/mol. The third-order valence-corrected chi connectivity index (χ3v) is 1.94. The lowest BCUT2D eigenvalue weighted by atomic mass is 10.2. The maximum Gasteiger partial charge on any atom is 0.104 e. The van der Waals surface area contributed by atoms with Gasteiger partial charge >= 0.3 is 0 Å². The van der Waals surface area contributed by atoms with Gasteiger partial charge in [-0.1, -0.05) is 12.2 Å². The van der Waals surface area contributed by atoms with Crippen molar-refractivity contribution in [3.05, 3.63) is 36.7 Å². The van der Waals surface area contributed by atoms with Gasteiger partial charge in [-0.25, -0.2) is 0 Å². The van der Waals surface area contributed by atoms with Crippen molar-refractivity contribution in [2.45, 2.75) is 6.04 Å². The van der Waals surface area contributed by atoms with Crippen LogP contribution in [0.1, 0.15) is 0 Å². The van der Waals surface area contributed by atoms with E-state index in [4.69, 9.17) is 0 Å². The normalized spacial score (nSPS) is 21.6. The van der Waals surface area contributed by atoms with Gasteiger partial charge in [0, 0.05) is 19.3 Å². The van der Waals surface area contributed by atoms with E-state index in [1.54, 1.807) is 12.4 Å². The van der Waals surface area contributed by atoms with E-state index in [1.807, 2.05) is 12.1 Å². The van der Waals surface area contributed by atoms with Crippen LogP contribution in [0.15, 0.2) is 46.9 Å². The summed E-state index contributed by atoms with van der Waals surface area (Å²) < 4.78 is 0. The monoisotopic (exact) mass is 188 g/mol. The highest BCUT2D eigenvalue weighted by Gasteiger charge is 2.04. The van der Waals surface area contributed by atoms with Gasteiger partial charge in [-0.3, -0.25) is 4.98 Å². The third-order valence-electron chi connectivity index (χ3n) is 1.94. The Morgan fingerprint density at radius 1 is 1.50 bits per heavy atom. The second-order valence-corrected chi connectivity index (χ2v) is 3.08. The molecule has 1 aliphatic heterocycles. The molecule has 1 unspecified atom stereocenters. The number of aromatic nitrogens is 1. The van der Waals surface area contributed by atoms with Crippen LogP contribution in [-0.4, -0.2) is 24.1 Å². The molecule has 0 aromatic carbocycles. The summed E-state index contributed by atoms with van der Waals surface area (Å²) >= 11 is 0. The van der Waals surface area contributed by atoms with Crippen molar-refractivity contribution in [1.82, 2.24) is 10.3 Å². The van der Waals surface area contributed by atoms with E-state index in [2.05, 4.69) is 32.7 Å². The molecule has 0 radical (unpaired) electrons. The van der Waals surface area contributed by atoms with Crippen LogP contribution in [0.2, 0.25) is 0 Å². The SMILES string of the molecule is C1=CC(N=Nc2cccnc2)CNC1. The largest absolute Gasteiger partial charge is 0.311 e. The van der Waals surface area contributed by atoms with Gasteiger partial charge in [0.05, 0.1) is 6.20 Å². The van der Waals surface area contributed by atoms with Crippen LogP contribution in [0.25, 0.3) is 0 Å². The van der Waals surface area contributed by atoms with Crippen LogP contribution in [0.4, 0.5) is 5.69 Å². The van der Waals surface area contributed by atoms with Crippen LogP contribution in [-0.2, 0) is 0 Å². The van der Waals surface area contributed by atoms with Gasteiger partial charge in [0.25, 0.3) is 0 Å². The number of hydrogen-bond acceptors (Lipinski definition) is 4. The number of nitrogens with zero attached hydrogens (tertiary/aromatic N) is 3. The van der Waals surface area contributed by atoms with E-state index in [9.17, 15) is 0 Å². The van der Waals surface area contributed by atoms with Crippen molar-refractivity contribution < 1.29 is 0 Å². The first-order valence-electron chi connectivity index (χ1n) is 4.63. The molecule has 14 heavy (non-hydrogen) atoms. The summed E-state index contributed by atoms with van der Waals surface area (Å²) in [6.45, 7) is 1.79. The minimum atomic E-state index is 0.156. The van der Waals surface area contributed by atoms with Gasteiger partial charge in [0.15, 0.2) is 0 Å². The van der Waals surface area contributed by atoms with E-state index in [0.717, 1.165) is 18.8 Å². The minimum Gasteiger partial charge on any atom is -0.311 e. The smallest absolute Gasteiger partial charge is 0.104 e. The van der Waals surface area contributed by atoms with Gasteiger partial charge < -0.3 is 5.32 Å². The number of pyridine rings is 1. The molecule has 0 spiro atoms. The van der Waals surface area contributed by atoms with Crippen molar-refractivity contribution in [3.63, 3.8) is 0 Å². The fraction of sp³-hybridized carbons (Fsp3) is 0.300. The second-order valence-electron chi connectivity index (χ2n) is 3.08. The van der Waals surface area contributed by atoms with Gasteiger partial charge in [-0.2, -0.15) is 10.2 Å². The summed E-state index contributed by atoms with van der Waals surface area (Å²) in [7, 11) is 0. The first-order valence-corrected chi connectivity index (χ1v) is 4.63. The number of hydrogen-bond donors (Lipinski definition) is 1. The Labute approximate surface area is 82.8 Å². The topological polar surface area (TPSA) is 49.6 Å². The predicted molar refractivity (Wildman–Crippen MR) is 54.6 cm³/mol. The van der Waals surface area contributed by atoms with Gasteiger partial charge in [-0.05, 0) is 12.1 Å². The van der Waals surface area contributed by atoms with Crippen molar-refractivity contribution in [1.29, 1.82) is 0 Å². The summed E-state index contributed by atoms with van der Waals surface area (Å²) in [5.74, 6) is 0. The average molecular weight is 188 g/mol. The Morgan fingerprint density at radius 2 is 2.50 bits per heavy atom. The van der Waals surface area contributed by atoms with E-state index >= 15 is 0 Å². The standard InChI is InChI=1S/C10H12N4/c1-3-9(7-11-5-1)13-14-10-4-2-6-12-8-10/h1-5,7,10,12H,6,8H2. The van der Waals surface area contributed by atoms with E-state index in [-0.39, 0.29) is 6.04 Å². The first-order chi connectivity index (χ1) is 6.95. The molecule has 4 heteroatoms. The lowest BCUT2D eigenvalue weighted by molar-refractivity contribution is 0.636. The molecule has 1 atom stereocenters. The molecule has 1 aromatic heterocycles. The highest BCUT2D eigenvalue weighted by atomic mass is 15.1. The predicted octanol–water partition coefficient (Wildman–Crippen LogP) is 1.69. The van der Waals surface area contributed by atoms with Crippen molar-refractivity contribution >= 4 is 5.69 Å². The Balaban J connectivity index is 1.99. The van der Waals surface area contributed by atoms with Crippen LogP contribution < -0.4 is 5.32 Å².